The van der Waals surface area contributed by atoms with Crippen LogP contribution in [0, 0.1) is 0 Å². The molecule has 0 bridgehead atoms. The molecule has 0 unspecified atom stereocenters. The number of nitrogens with zero attached hydrogens (tertiary/aromatic N) is 2. The smallest absolute Gasteiger partial charge is 0.322 e. The molecule has 2 rings (SSSR count). The van der Waals surface area contributed by atoms with Crippen molar-refractivity contribution in [2.45, 2.75) is 19.9 Å². The first kappa shape index (κ1) is 21.6. The Bertz CT molecular complexity index is 764. The number of nitrogens with one attached hydrogen (secondary N) is 2. The van der Waals surface area contributed by atoms with Crippen LogP contribution in [-0.2, 0) is 11.3 Å². The molecule has 1 heterocycles. The summed E-state index contributed by atoms with van der Waals surface area (Å²) in [6.45, 7) is 3.68. The Morgan fingerprint density at radius 3 is 2.61 bits per heavy atom. The minimum absolute atomic E-state index is 0.199. The number of methoxy groups -OCH3 is 2. The molecule has 0 atom stereocenters. The highest BCUT2D eigenvalue weighted by Crippen LogP contribution is 2.17. The maximum absolute atomic E-state index is 12.7. The SMILES string of the molecule is CCCNC(=O)c1csc(CN(CCOC)C(=O)Nc2ccc(OC)cc2)n1. The summed E-state index contributed by atoms with van der Waals surface area (Å²) in [5, 5.41) is 8.04. The van der Waals surface area contributed by atoms with Gasteiger partial charge in [0.05, 0.1) is 20.3 Å². The van der Waals surface area contributed by atoms with Crippen molar-refractivity contribution in [3.63, 3.8) is 0 Å². The van der Waals surface area contributed by atoms with Crippen molar-refractivity contribution in [3.8, 4) is 5.75 Å². The molecule has 1 aromatic heterocycles. The van der Waals surface area contributed by atoms with E-state index in [2.05, 4.69) is 15.6 Å². The van der Waals surface area contributed by atoms with E-state index in [4.69, 9.17) is 9.47 Å². The van der Waals surface area contributed by atoms with E-state index in [9.17, 15) is 9.59 Å². The minimum atomic E-state index is -0.269. The van der Waals surface area contributed by atoms with Crippen molar-refractivity contribution < 1.29 is 19.1 Å². The molecule has 3 amide bonds. The number of ether oxygens (including phenoxy) is 2. The molecular formula is C19H26N4O4S. The zero-order valence-electron chi connectivity index (χ0n) is 16.4. The molecule has 0 fully saturated rings. The summed E-state index contributed by atoms with van der Waals surface area (Å²) in [6.07, 6.45) is 0.860. The Labute approximate surface area is 168 Å². The fourth-order valence-electron chi connectivity index (χ4n) is 2.31. The zero-order valence-corrected chi connectivity index (χ0v) is 17.2. The predicted molar refractivity (Wildman–Crippen MR) is 109 cm³/mol. The van der Waals surface area contributed by atoms with Crippen molar-refractivity contribution in [1.29, 1.82) is 0 Å². The molecule has 0 saturated carbocycles. The van der Waals surface area contributed by atoms with Crippen LogP contribution < -0.4 is 15.4 Å². The van der Waals surface area contributed by atoms with Gasteiger partial charge in [-0.25, -0.2) is 9.78 Å². The molecule has 0 aliphatic rings. The van der Waals surface area contributed by atoms with Gasteiger partial charge in [-0.2, -0.15) is 0 Å². The van der Waals surface area contributed by atoms with E-state index in [0.717, 1.165) is 6.42 Å². The van der Waals surface area contributed by atoms with E-state index in [1.54, 1.807) is 48.8 Å². The summed E-state index contributed by atoms with van der Waals surface area (Å²) in [5.41, 5.74) is 1.03. The van der Waals surface area contributed by atoms with Gasteiger partial charge in [0.25, 0.3) is 5.91 Å². The number of rotatable bonds is 10. The van der Waals surface area contributed by atoms with Crippen molar-refractivity contribution in [1.82, 2.24) is 15.2 Å². The molecule has 0 aliphatic heterocycles. The molecule has 1 aromatic carbocycles. The van der Waals surface area contributed by atoms with Gasteiger partial charge in [-0.1, -0.05) is 6.92 Å². The van der Waals surface area contributed by atoms with E-state index >= 15 is 0 Å². The Hall–Kier alpha value is -2.65. The van der Waals surface area contributed by atoms with Crippen LogP contribution >= 0.6 is 11.3 Å². The summed E-state index contributed by atoms with van der Waals surface area (Å²) in [5.74, 6) is 0.515. The Kier molecular flexibility index (Phi) is 8.70. The fraction of sp³-hybridized carbons (Fsp3) is 0.421. The zero-order chi connectivity index (χ0) is 20.4. The normalized spacial score (nSPS) is 10.4. The van der Waals surface area contributed by atoms with Gasteiger partial charge < -0.3 is 25.0 Å². The lowest BCUT2D eigenvalue weighted by Crippen LogP contribution is -2.36. The molecular weight excluding hydrogens is 380 g/mol. The van der Waals surface area contributed by atoms with Gasteiger partial charge in [0.15, 0.2) is 0 Å². The molecule has 8 nitrogen and oxygen atoms in total. The number of carbonyl (C=O) groups is 2. The number of anilines is 1. The summed E-state index contributed by atoms with van der Waals surface area (Å²) in [7, 11) is 3.17. The maximum Gasteiger partial charge on any atom is 0.322 e. The van der Waals surface area contributed by atoms with E-state index < -0.39 is 0 Å². The third kappa shape index (κ3) is 6.50. The van der Waals surface area contributed by atoms with Crippen LogP contribution in [0.15, 0.2) is 29.6 Å². The van der Waals surface area contributed by atoms with Crippen molar-refractivity contribution >= 4 is 29.0 Å². The van der Waals surface area contributed by atoms with Crippen molar-refractivity contribution in [2.75, 3.05) is 39.2 Å². The highest BCUT2D eigenvalue weighted by atomic mass is 32.1. The summed E-state index contributed by atoms with van der Waals surface area (Å²) < 4.78 is 10.2. The van der Waals surface area contributed by atoms with E-state index in [0.29, 0.717) is 41.8 Å². The van der Waals surface area contributed by atoms with Gasteiger partial charge in [-0.15, -0.1) is 11.3 Å². The van der Waals surface area contributed by atoms with Crippen molar-refractivity contribution in [3.05, 3.63) is 40.3 Å². The summed E-state index contributed by atoms with van der Waals surface area (Å²) in [4.78, 5) is 30.6. The van der Waals surface area contributed by atoms with Crippen LogP contribution in [0.25, 0.3) is 0 Å². The highest BCUT2D eigenvalue weighted by molar-refractivity contribution is 7.09. The lowest BCUT2D eigenvalue weighted by Gasteiger charge is -2.22. The molecule has 0 aliphatic carbocycles. The first-order valence-electron chi connectivity index (χ1n) is 8.98. The Morgan fingerprint density at radius 2 is 1.96 bits per heavy atom. The minimum Gasteiger partial charge on any atom is -0.497 e. The van der Waals surface area contributed by atoms with Crippen LogP contribution in [0.3, 0.4) is 0 Å². The monoisotopic (exact) mass is 406 g/mol. The van der Waals surface area contributed by atoms with Crippen LogP contribution in [-0.4, -0.2) is 55.7 Å². The third-order valence-corrected chi connectivity index (χ3v) is 4.67. The lowest BCUT2D eigenvalue weighted by molar-refractivity contribution is 0.0949. The van der Waals surface area contributed by atoms with Gasteiger partial charge in [0.1, 0.15) is 16.5 Å². The van der Waals surface area contributed by atoms with Crippen LogP contribution in [0.4, 0.5) is 10.5 Å². The third-order valence-electron chi connectivity index (χ3n) is 3.84. The number of hydrogen-bond donors (Lipinski definition) is 2. The van der Waals surface area contributed by atoms with Crippen LogP contribution in [0.2, 0.25) is 0 Å². The number of hydrogen-bond acceptors (Lipinski definition) is 6. The molecule has 2 N–H and O–H groups in total. The van der Waals surface area contributed by atoms with Gasteiger partial charge in [-0.05, 0) is 30.7 Å². The predicted octanol–water partition coefficient (Wildman–Crippen LogP) is 2.97. The molecule has 9 heteroatoms. The Morgan fingerprint density at radius 1 is 1.21 bits per heavy atom. The number of carbonyl (C=O) groups excluding carboxylic acids is 2. The number of benzene rings is 1. The molecule has 152 valence electrons. The van der Waals surface area contributed by atoms with E-state index in [1.807, 2.05) is 6.92 Å². The number of thiazole rings is 1. The molecule has 0 saturated heterocycles. The second-order valence-corrected chi connectivity index (χ2v) is 6.90. The number of amides is 3. The molecule has 2 aromatic rings. The lowest BCUT2D eigenvalue weighted by atomic mass is 10.3. The van der Waals surface area contributed by atoms with E-state index in [1.165, 1.54) is 11.3 Å². The second kappa shape index (κ2) is 11.3. The highest BCUT2D eigenvalue weighted by Gasteiger charge is 2.17. The molecule has 0 spiro atoms. The van der Waals surface area contributed by atoms with Gasteiger partial charge in [0.2, 0.25) is 0 Å². The second-order valence-electron chi connectivity index (χ2n) is 5.96. The molecule has 0 radical (unpaired) electrons. The van der Waals surface area contributed by atoms with E-state index in [-0.39, 0.29) is 18.5 Å². The molecule has 28 heavy (non-hydrogen) atoms. The Balaban J connectivity index is 2.02. The topological polar surface area (TPSA) is 92.8 Å². The number of aromatic nitrogens is 1. The largest absolute Gasteiger partial charge is 0.497 e. The van der Waals surface area contributed by atoms with Crippen molar-refractivity contribution in [2.24, 2.45) is 0 Å². The van der Waals surface area contributed by atoms with Gasteiger partial charge in [-0.3, -0.25) is 4.79 Å². The van der Waals surface area contributed by atoms with Crippen LogP contribution in [0.5, 0.6) is 5.75 Å². The standard InChI is InChI=1S/C19H26N4O4S/c1-4-9-20-18(24)16-13-28-17(22-16)12-23(10-11-26-2)19(25)21-14-5-7-15(27-3)8-6-14/h5-8,13H,4,9-12H2,1-3H3,(H,20,24)(H,21,25). The summed E-state index contributed by atoms with van der Waals surface area (Å²) >= 11 is 1.35. The fourth-order valence-corrected chi connectivity index (χ4v) is 3.10. The van der Waals surface area contributed by atoms with Gasteiger partial charge >= 0.3 is 6.03 Å². The number of urea groups is 1. The van der Waals surface area contributed by atoms with Crippen LogP contribution in [0.1, 0.15) is 28.8 Å². The quantitative estimate of drug-likeness (QED) is 0.633. The first-order chi connectivity index (χ1) is 13.6. The van der Waals surface area contributed by atoms with Gasteiger partial charge in [0, 0.05) is 31.3 Å². The maximum atomic E-state index is 12.7. The average Bonchev–Trinajstić information content (AvgIpc) is 3.18. The summed E-state index contributed by atoms with van der Waals surface area (Å²) in [6, 6.07) is 6.82. The average molecular weight is 407 g/mol. The first-order valence-corrected chi connectivity index (χ1v) is 9.86.